The zero-order valence-corrected chi connectivity index (χ0v) is 18.8. The van der Waals surface area contributed by atoms with Crippen LogP contribution < -0.4 is 10.1 Å². The van der Waals surface area contributed by atoms with Crippen LogP contribution in [0.15, 0.2) is 48.5 Å². The van der Waals surface area contributed by atoms with Gasteiger partial charge in [-0.25, -0.2) is 0 Å². The number of methoxy groups -OCH3 is 1. The minimum absolute atomic E-state index is 0.00171. The molecule has 3 rings (SSSR count). The summed E-state index contributed by atoms with van der Waals surface area (Å²) in [5, 5.41) is 3.34. The molecule has 1 saturated heterocycles. The first-order chi connectivity index (χ1) is 15.0. The van der Waals surface area contributed by atoms with Crippen molar-refractivity contribution >= 4 is 23.2 Å². The molecule has 0 aromatic heterocycles. The van der Waals surface area contributed by atoms with Crippen LogP contribution in [0.5, 0.6) is 5.75 Å². The Morgan fingerprint density at radius 1 is 1.10 bits per heavy atom. The van der Waals surface area contributed by atoms with E-state index in [-0.39, 0.29) is 17.7 Å². The smallest absolute Gasteiger partial charge is 0.255 e. The van der Waals surface area contributed by atoms with Gasteiger partial charge >= 0.3 is 0 Å². The maximum Gasteiger partial charge on any atom is 0.255 e. The van der Waals surface area contributed by atoms with Crippen molar-refractivity contribution in [3.05, 3.63) is 54.1 Å². The molecule has 2 aromatic carbocycles. The zero-order chi connectivity index (χ0) is 22.2. The quantitative estimate of drug-likeness (QED) is 0.677. The number of ether oxygens (including phenoxy) is 1. The van der Waals surface area contributed by atoms with Crippen LogP contribution in [0.2, 0.25) is 0 Å². The standard InChI is InChI=1S/C25H33N3O3/c1-4-5-16-27(2)24(29)19-14-17-28(18-15-19)25(30)22-8-6-7-9-23(22)26-20-10-12-21(31-3)13-11-20/h6-13,19,26H,4-5,14-18H2,1-3H3. The topological polar surface area (TPSA) is 61.9 Å². The number of benzene rings is 2. The first-order valence-electron chi connectivity index (χ1n) is 11.1. The summed E-state index contributed by atoms with van der Waals surface area (Å²) in [5.41, 5.74) is 2.30. The van der Waals surface area contributed by atoms with E-state index in [0.717, 1.165) is 49.4 Å². The molecule has 2 amide bonds. The Kier molecular flexibility index (Phi) is 7.93. The number of carbonyl (C=O) groups excluding carboxylic acids is 2. The fraction of sp³-hybridized carbons (Fsp3) is 0.440. The fourth-order valence-electron chi connectivity index (χ4n) is 3.93. The first-order valence-corrected chi connectivity index (χ1v) is 11.1. The first kappa shape index (κ1) is 22.7. The molecule has 2 aromatic rings. The molecular weight excluding hydrogens is 390 g/mol. The van der Waals surface area contributed by atoms with E-state index in [4.69, 9.17) is 4.74 Å². The van der Waals surface area contributed by atoms with Gasteiger partial charge in [0.05, 0.1) is 18.4 Å². The second-order valence-corrected chi connectivity index (χ2v) is 8.08. The number of piperidine rings is 1. The Labute approximate surface area is 185 Å². The van der Waals surface area contributed by atoms with Crippen LogP contribution in [0.25, 0.3) is 0 Å². The van der Waals surface area contributed by atoms with Crippen LogP contribution in [0, 0.1) is 5.92 Å². The molecule has 0 radical (unpaired) electrons. The van der Waals surface area contributed by atoms with E-state index in [1.54, 1.807) is 7.11 Å². The number of likely N-dealkylation sites (tertiary alicyclic amines) is 1. The van der Waals surface area contributed by atoms with E-state index in [9.17, 15) is 9.59 Å². The molecular formula is C25H33N3O3. The summed E-state index contributed by atoms with van der Waals surface area (Å²) in [6.07, 6.45) is 3.54. The summed E-state index contributed by atoms with van der Waals surface area (Å²) >= 11 is 0. The average Bonchev–Trinajstić information content (AvgIpc) is 2.82. The number of nitrogens with one attached hydrogen (secondary N) is 1. The van der Waals surface area contributed by atoms with Gasteiger partial charge in [0, 0.05) is 38.3 Å². The van der Waals surface area contributed by atoms with Crippen LogP contribution in [-0.2, 0) is 4.79 Å². The van der Waals surface area contributed by atoms with Gasteiger partial charge in [-0.05, 0) is 55.7 Å². The van der Waals surface area contributed by atoms with Gasteiger partial charge in [-0.1, -0.05) is 25.5 Å². The van der Waals surface area contributed by atoms with Gasteiger partial charge in [-0.3, -0.25) is 9.59 Å². The third kappa shape index (κ3) is 5.78. The van der Waals surface area contributed by atoms with E-state index < -0.39 is 0 Å². The lowest BCUT2D eigenvalue weighted by Crippen LogP contribution is -2.43. The molecule has 1 N–H and O–H groups in total. The van der Waals surface area contributed by atoms with Crippen molar-refractivity contribution in [1.29, 1.82) is 0 Å². The third-order valence-electron chi connectivity index (χ3n) is 5.88. The van der Waals surface area contributed by atoms with Crippen molar-refractivity contribution in [1.82, 2.24) is 9.80 Å². The van der Waals surface area contributed by atoms with Gasteiger partial charge in [0.1, 0.15) is 5.75 Å². The second-order valence-electron chi connectivity index (χ2n) is 8.08. The number of anilines is 2. The number of hydrogen-bond donors (Lipinski definition) is 1. The minimum atomic E-state index is 0.00171. The van der Waals surface area contributed by atoms with Crippen molar-refractivity contribution in [2.75, 3.05) is 39.1 Å². The van der Waals surface area contributed by atoms with Crippen molar-refractivity contribution in [3.8, 4) is 5.75 Å². The number of carbonyl (C=O) groups is 2. The van der Waals surface area contributed by atoms with Gasteiger partial charge in [0.25, 0.3) is 5.91 Å². The molecule has 1 fully saturated rings. The summed E-state index contributed by atoms with van der Waals surface area (Å²) in [7, 11) is 3.52. The highest BCUT2D eigenvalue weighted by Gasteiger charge is 2.30. The molecule has 0 atom stereocenters. The maximum absolute atomic E-state index is 13.2. The van der Waals surface area contributed by atoms with E-state index in [1.807, 2.05) is 65.4 Å². The number of nitrogens with zero attached hydrogens (tertiary/aromatic N) is 2. The number of unbranched alkanes of at least 4 members (excludes halogenated alkanes) is 1. The Bertz CT molecular complexity index is 874. The summed E-state index contributed by atoms with van der Waals surface area (Å²) in [6.45, 7) is 4.14. The average molecular weight is 424 g/mol. The number of amides is 2. The lowest BCUT2D eigenvalue weighted by molar-refractivity contribution is -0.135. The Hall–Kier alpha value is -3.02. The van der Waals surface area contributed by atoms with Gasteiger partial charge in [-0.2, -0.15) is 0 Å². The summed E-state index contributed by atoms with van der Waals surface area (Å²) in [5.74, 6) is 1.01. The van der Waals surface area contributed by atoms with Gasteiger partial charge < -0.3 is 19.9 Å². The summed E-state index contributed by atoms with van der Waals surface area (Å²) < 4.78 is 5.20. The largest absolute Gasteiger partial charge is 0.497 e. The van der Waals surface area contributed by atoms with Crippen molar-refractivity contribution in [2.24, 2.45) is 5.92 Å². The minimum Gasteiger partial charge on any atom is -0.497 e. The predicted octanol–water partition coefficient (Wildman–Crippen LogP) is 4.55. The van der Waals surface area contributed by atoms with Crippen molar-refractivity contribution < 1.29 is 14.3 Å². The molecule has 6 nitrogen and oxygen atoms in total. The SMILES string of the molecule is CCCCN(C)C(=O)C1CCN(C(=O)c2ccccc2Nc2ccc(OC)cc2)CC1. The van der Waals surface area contributed by atoms with Crippen LogP contribution in [0.3, 0.4) is 0 Å². The molecule has 0 saturated carbocycles. The highest BCUT2D eigenvalue weighted by Crippen LogP contribution is 2.26. The Balaban J connectivity index is 1.63. The molecule has 1 heterocycles. The third-order valence-corrected chi connectivity index (χ3v) is 5.88. The Morgan fingerprint density at radius 3 is 2.42 bits per heavy atom. The van der Waals surface area contributed by atoms with E-state index >= 15 is 0 Å². The van der Waals surface area contributed by atoms with Crippen molar-refractivity contribution in [2.45, 2.75) is 32.6 Å². The zero-order valence-electron chi connectivity index (χ0n) is 18.8. The monoisotopic (exact) mass is 423 g/mol. The fourth-order valence-corrected chi connectivity index (χ4v) is 3.93. The van der Waals surface area contributed by atoms with Crippen LogP contribution >= 0.6 is 0 Å². The van der Waals surface area contributed by atoms with Gasteiger partial charge in [-0.15, -0.1) is 0 Å². The molecule has 166 valence electrons. The second kappa shape index (κ2) is 10.8. The number of rotatable bonds is 8. The van der Waals surface area contributed by atoms with Gasteiger partial charge in [0.2, 0.25) is 5.91 Å². The molecule has 6 heteroatoms. The highest BCUT2D eigenvalue weighted by atomic mass is 16.5. The van der Waals surface area contributed by atoms with E-state index in [2.05, 4.69) is 12.2 Å². The van der Waals surface area contributed by atoms with E-state index in [0.29, 0.717) is 18.7 Å². The molecule has 0 aliphatic carbocycles. The maximum atomic E-state index is 13.2. The number of para-hydroxylation sites is 1. The van der Waals surface area contributed by atoms with E-state index in [1.165, 1.54) is 0 Å². The molecule has 1 aliphatic rings. The lowest BCUT2D eigenvalue weighted by atomic mass is 9.94. The summed E-state index contributed by atoms with van der Waals surface area (Å²) in [4.78, 5) is 29.6. The normalized spacial score (nSPS) is 14.2. The number of hydrogen-bond acceptors (Lipinski definition) is 4. The highest BCUT2D eigenvalue weighted by molar-refractivity contribution is 6.00. The summed E-state index contributed by atoms with van der Waals surface area (Å²) in [6, 6.07) is 15.2. The molecule has 31 heavy (non-hydrogen) atoms. The molecule has 0 unspecified atom stereocenters. The van der Waals surface area contributed by atoms with Crippen LogP contribution in [0.1, 0.15) is 43.0 Å². The Morgan fingerprint density at radius 2 is 1.77 bits per heavy atom. The predicted molar refractivity (Wildman–Crippen MR) is 124 cm³/mol. The van der Waals surface area contributed by atoms with Gasteiger partial charge in [0.15, 0.2) is 0 Å². The molecule has 0 spiro atoms. The van der Waals surface area contributed by atoms with Crippen molar-refractivity contribution in [3.63, 3.8) is 0 Å². The van der Waals surface area contributed by atoms with Crippen LogP contribution in [-0.4, -0.2) is 55.4 Å². The molecule has 0 bridgehead atoms. The van der Waals surface area contributed by atoms with Crippen LogP contribution in [0.4, 0.5) is 11.4 Å². The molecule has 1 aliphatic heterocycles. The lowest BCUT2D eigenvalue weighted by Gasteiger charge is -2.33.